The Morgan fingerprint density at radius 1 is 1.38 bits per heavy atom. The Balaban J connectivity index is 2.22. The Morgan fingerprint density at radius 2 is 2.04 bits per heavy atom. The number of thiol groups is 1. The summed E-state index contributed by atoms with van der Waals surface area (Å²) >= 11 is 4.89. The van der Waals surface area contributed by atoms with Crippen LogP contribution >= 0.6 is 12.6 Å². The molecule has 2 rings (SSSR count). The maximum absolute atomic E-state index is 12.9. The second-order valence-corrected chi connectivity index (χ2v) is 7.69. The van der Waals surface area contributed by atoms with E-state index in [2.05, 4.69) is 6.92 Å². The minimum atomic E-state index is -0.571. The summed E-state index contributed by atoms with van der Waals surface area (Å²) in [5.74, 6) is -0.0340. The van der Waals surface area contributed by atoms with Gasteiger partial charge in [-0.05, 0) is 17.9 Å². The lowest BCUT2D eigenvalue weighted by atomic mass is 9.88. The number of ether oxygens (including phenoxy) is 1. The van der Waals surface area contributed by atoms with E-state index in [4.69, 9.17) is 17.4 Å². The molecule has 1 aromatic carbocycles. The molecular formula is C19H27NO3S. The Hall–Kier alpha value is -1.49. The molecular weight excluding hydrogens is 322 g/mol. The molecule has 0 saturated carbocycles. The largest absolute Gasteiger partial charge is 0.447 e. The molecule has 5 heteroatoms. The Labute approximate surface area is 150 Å². The van der Waals surface area contributed by atoms with Gasteiger partial charge in [0.1, 0.15) is 6.61 Å². The van der Waals surface area contributed by atoms with Gasteiger partial charge in [0.2, 0.25) is 5.91 Å². The van der Waals surface area contributed by atoms with Gasteiger partial charge in [-0.2, -0.15) is 12.6 Å². The van der Waals surface area contributed by atoms with Gasteiger partial charge in [-0.1, -0.05) is 63.9 Å². The molecule has 0 bridgehead atoms. The van der Waals surface area contributed by atoms with Gasteiger partial charge in [0.15, 0.2) is 0 Å². The third-order valence-corrected chi connectivity index (χ3v) is 5.28. The van der Waals surface area contributed by atoms with E-state index in [9.17, 15) is 9.59 Å². The summed E-state index contributed by atoms with van der Waals surface area (Å²) in [7, 11) is 0. The number of cyclic esters (lactones) is 1. The van der Waals surface area contributed by atoms with Crippen molar-refractivity contribution in [3.63, 3.8) is 0 Å². The summed E-state index contributed by atoms with van der Waals surface area (Å²) in [6, 6.07) is 9.67. The van der Waals surface area contributed by atoms with E-state index < -0.39 is 10.8 Å². The van der Waals surface area contributed by atoms with Crippen LogP contribution in [0.5, 0.6) is 0 Å². The topological polar surface area (TPSA) is 46.6 Å². The molecule has 0 N–H and O–H groups in total. The second-order valence-electron chi connectivity index (χ2n) is 6.83. The van der Waals surface area contributed by atoms with Crippen molar-refractivity contribution in [2.45, 2.75) is 57.2 Å². The molecule has 0 spiro atoms. The fourth-order valence-electron chi connectivity index (χ4n) is 3.10. The fourth-order valence-corrected chi connectivity index (χ4v) is 3.54. The fraction of sp³-hybridized carbons (Fsp3) is 0.579. The van der Waals surface area contributed by atoms with Crippen LogP contribution in [0.15, 0.2) is 30.3 Å². The smallest absolute Gasteiger partial charge is 0.416 e. The highest BCUT2D eigenvalue weighted by molar-refractivity contribution is 7.81. The summed E-state index contributed by atoms with van der Waals surface area (Å²) in [5.41, 5.74) is 1.02. The van der Waals surface area contributed by atoms with Gasteiger partial charge >= 0.3 is 6.09 Å². The average molecular weight is 349 g/mol. The molecule has 1 fully saturated rings. The predicted molar refractivity (Wildman–Crippen MR) is 98.1 cm³/mol. The predicted octanol–water partition coefficient (Wildman–Crippen LogP) is 4.40. The first-order valence-electron chi connectivity index (χ1n) is 8.65. The molecule has 1 heterocycles. The van der Waals surface area contributed by atoms with E-state index >= 15 is 0 Å². The van der Waals surface area contributed by atoms with Crippen LogP contribution in [0.4, 0.5) is 4.79 Å². The van der Waals surface area contributed by atoms with Crippen molar-refractivity contribution in [2.75, 3.05) is 6.61 Å². The lowest BCUT2D eigenvalue weighted by molar-refractivity contribution is -0.130. The number of imide groups is 1. The van der Waals surface area contributed by atoms with Crippen molar-refractivity contribution < 1.29 is 14.3 Å². The maximum Gasteiger partial charge on any atom is 0.416 e. The van der Waals surface area contributed by atoms with Crippen LogP contribution in [-0.4, -0.2) is 29.5 Å². The van der Waals surface area contributed by atoms with E-state index in [0.717, 1.165) is 24.8 Å². The minimum absolute atomic E-state index is 0.169. The van der Waals surface area contributed by atoms with Gasteiger partial charge in [0.05, 0.1) is 6.04 Å². The Morgan fingerprint density at radius 3 is 2.62 bits per heavy atom. The van der Waals surface area contributed by atoms with Gasteiger partial charge in [-0.25, -0.2) is 9.69 Å². The number of unbranched alkanes of at least 4 members (excludes halogenated alkanes) is 1. The average Bonchev–Trinajstić information content (AvgIpc) is 2.96. The lowest BCUT2D eigenvalue weighted by Gasteiger charge is -2.31. The molecule has 1 aromatic rings. The quantitative estimate of drug-likeness (QED) is 0.742. The SMILES string of the molecule is CCCC[C@](S)(CC(=O)N1C(=O)OC[C@@H]1C(C)C)c1ccccc1. The number of benzene rings is 1. The minimum Gasteiger partial charge on any atom is -0.447 e. The highest BCUT2D eigenvalue weighted by atomic mass is 32.1. The summed E-state index contributed by atoms with van der Waals surface area (Å²) < 4.78 is 4.53. The molecule has 1 aliphatic heterocycles. The first-order chi connectivity index (χ1) is 11.4. The second kappa shape index (κ2) is 8.06. The van der Waals surface area contributed by atoms with Crippen LogP contribution in [0.25, 0.3) is 0 Å². The lowest BCUT2D eigenvalue weighted by Crippen LogP contribution is -2.44. The number of amides is 2. The molecule has 1 aliphatic rings. The molecule has 24 heavy (non-hydrogen) atoms. The van der Waals surface area contributed by atoms with E-state index in [1.54, 1.807) is 0 Å². The number of rotatable bonds is 7. The van der Waals surface area contributed by atoms with Gasteiger partial charge in [-0.15, -0.1) is 0 Å². The molecule has 2 atom stereocenters. The number of hydrogen-bond acceptors (Lipinski definition) is 4. The van der Waals surface area contributed by atoms with Crippen LogP contribution in [0.1, 0.15) is 52.0 Å². The number of carbonyl (C=O) groups is 2. The highest BCUT2D eigenvalue weighted by Crippen LogP contribution is 2.38. The van der Waals surface area contributed by atoms with Crippen LogP contribution < -0.4 is 0 Å². The normalized spacial score (nSPS) is 20.1. The third-order valence-electron chi connectivity index (χ3n) is 4.64. The zero-order chi connectivity index (χ0) is 17.7. The molecule has 0 aromatic heterocycles. The molecule has 0 unspecified atom stereocenters. The third kappa shape index (κ3) is 4.12. The van der Waals surface area contributed by atoms with Crippen molar-refractivity contribution in [1.29, 1.82) is 0 Å². The van der Waals surface area contributed by atoms with Gasteiger partial charge in [0.25, 0.3) is 0 Å². The maximum atomic E-state index is 12.9. The Bertz CT molecular complexity index is 575. The van der Waals surface area contributed by atoms with Crippen LogP contribution in [0.3, 0.4) is 0 Å². The first-order valence-corrected chi connectivity index (χ1v) is 9.10. The number of carbonyl (C=O) groups excluding carboxylic acids is 2. The molecule has 2 amide bonds. The monoisotopic (exact) mass is 349 g/mol. The summed E-state index contributed by atoms with van der Waals surface area (Å²) in [6.07, 6.45) is 2.46. The Kier molecular flexibility index (Phi) is 6.33. The number of hydrogen-bond donors (Lipinski definition) is 1. The van der Waals surface area contributed by atoms with E-state index in [-0.39, 0.29) is 30.9 Å². The van der Waals surface area contributed by atoms with Gasteiger partial charge < -0.3 is 4.74 Å². The van der Waals surface area contributed by atoms with Crippen LogP contribution in [-0.2, 0) is 14.3 Å². The van der Waals surface area contributed by atoms with Crippen LogP contribution in [0, 0.1) is 5.92 Å². The molecule has 132 valence electrons. The van der Waals surface area contributed by atoms with Crippen molar-refractivity contribution in [1.82, 2.24) is 4.90 Å². The van der Waals surface area contributed by atoms with Crippen molar-refractivity contribution >= 4 is 24.6 Å². The van der Waals surface area contributed by atoms with Gasteiger partial charge in [0, 0.05) is 11.2 Å². The van der Waals surface area contributed by atoms with E-state index in [0.29, 0.717) is 0 Å². The summed E-state index contributed by atoms with van der Waals surface area (Å²) in [5, 5.41) is 0. The molecule has 4 nitrogen and oxygen atoms in total. The first kappa shape index (κ1) is 18.8. The molecule has 0 radical (unpaired) electrons. The zero-order valence-corrected chi connectivity index (χ0v) is 15.6. The van der Waals surface area contributed by atoms with Crippen molar-refractivity contribution in [3.05, 3.63) is 35.9 Å². The van der Waals surface area contributed by atoms with Crippen molar-refractivity contribution in [3.8, 4) is 0 Å². The van der Waals surface area contributed by atoms with E-state index in [1.807, 2.05) is 44.2 Å². The van der Waals surface area contributed by atoms with Crippen molar-refractivity contribution in [2.24, 2.45) is 5.92 Å². The zero-order valence-electron chi connectivity index (χ0n) is 14.7. The standard InChI is InChI=1S/C19H27NO3S/c1-4-5-11-19(24,15-9-7-6-8-10-15)12-17(21)20-16(14(2)3)13-23-18(20)22/h6-10,14,16,24H,4-5,11-13H2,1-3H3/t16-,19+/m1/s1. The van der Waals surface area contributed by atoms with Gasteiger partial charge in [-0.3, -0.25) is 4.79 Å². The van der Waals surface area contributed by atoms with E-state index in [1.165, 1.54) is 4.90 Å². The molecule has 0 aliphatic carbocycles. The molecule has 1 saturated heterocycles. The van der Waals surface area contributed by atoms with Crippen LogP contribution in [0.2, 0.25) is 0 Å². The summed E-state index contributed by atoms with van der Waals surface area (Å²) in [4.78, 5) is 26.2. The number of nitrogens with zero attached hydrogens (tertiary/aromatic N) is 1. The highest BCUT2D eigenvalue weighted by Gasteiger charge is 2.42. The summed E-state index contributed by atoms with van der Waals surface area (Å²) in [6.45, 7) is 6.39.